The van der Waals surface area contributed by atoms with E-state index in [1.165, 1.54) is 28.9 Å². The van der Waals surface area contributed by atoms with E-state index in [1.807, 2.05) is 26.0 Å². The van der Waals surface area contributed by atoms with Crippen molar-refractivity contribution in [3.8, 4) is 0 Å². The highest BCUT2D eigenvalue weighted by molar-refractivity contribution is 7.89. The van der Waals surface area contributed by atoms with Crippen LogP contribution in [0.5, 0.6) is 0 Å². The van der Waals surface area contributed by atoms with Crippen LogP contribution in [0.25, 0.3) is 0 Å². The Labute approximate surface area is 186 Å². The first kappa shape index (κ1) is 23.3. The van der Waals surface area contributed by atoms with E-state index in [2.05, 4.69) is 17.0 Å². The second-order valence-corrected chi connectivity index (χ2v) is 9.96. The summed E-state index contributed by atoms with van der Waals surface area (Å²) < 4.78 is 27.5. The second kappa shape index (κ2) is 9.83. The van der Waals surface area contributed by atoms with Crippen molar-refractivity contribution >= 4 is 21.6 Å². The molecule has 1 heterocycles. The van der Waals surface area contributed by atoms with Crippen LogP contribution in [0.4, 0.5) is 5.69 Å². The molecule has 3 rings (SSSR count). The Morgan fingerprint density at radius 2 is 1.68 bits per heavy atom. The third-order valence-electron chi connectivity index (χ3n) is 5.95. The molecule has 1 saturated heterocycles. The topological polar surface area (TPSA) is 60.9 Å². The zero-order valence-corrected chi connectivity index (χ0v) is 19.8. The van der Waals surface area contributed by atoms with Gasteiger partial charge in [-0.3, -0.25) is 4.79 Å². The number of sulfonamides is 1. The highest BCUT2D eigenvalue weighted by Gasteiger charge is 2.25. The SMILES string of the molecule is CCN(CC)S(=O)(=O)c1cc(C(=O)N(C)Cc2ccccc2N2CCCC2)ccc1C. The maximum Gasteiger partial charge on any atom is 0.253 e. The average molecular weight is 444 g/mol. The molecule has 2 aromatic carbocycles. The minimum absolute atomic E-state index is 0.188. The normalized spacial score (nSPS) is 14.3. The van der Waals surface area contributed by atoms with Gasteiger partial charge in [-0.15, -0.1) is 0 Å². The predicted molar refractivity (Wildman–Crippen MR) is 125 cm³/mol. The molecule has 31 heavy (non-hydrogen) atoms. The first-order valence-corrected chi connectivity index (χ1v) is 12.4. The van der Waals surface area contributed by atoms with E-state index in [9.17, 15) is 13.2 Å². The van der Waals surface area contributed by atoms with Crippen LogP contribution in [0.1, 0.15) is 48.2 Å². The van der Waals surface area contributed by atoms with Gasteiger partial charge in [-0.05, 0) is 49.1 Å². The lowest BCUT2D eigenvalue weighted by molar-refractivity contribution is 0.0785. The van der Waals surface area contributed by atoms with Crippen LogP contribution >= 0.6 is 0 Å². The van der Waals surface area contributed by atoms with Crippen molar-refractivity contribution in [1.29, 1.82) is 0 Å². The molecule has 0 radical (unpaired) electrons. The van der Waals surface area contributed by atoms with Gasteiger partial charge in [-0.1, -0.05) is 38.1 Å². The van der Waals surface area contributed by atoms with E-state index >= 15 is 0 Å². The number of nitrogens with zero attached hydrogens (tertiary/aromatic N) is 3. The number of aryl methyl sites for hydroxylation is 1. The monoisotopic (exact) mass is 443 g/mol. The first-order valence-electron chi connectivity index (χ1n) is 11.0. The van der Waals surface area contributed by atoms with Gasteiger partial charge in [0.1, 0.15) is 0 Å². The molecular formula is C24H33N3O3S. The Kier molecular flexibility index (Phi) is 7.38. The number of carbonyl (C=O) groups excluding carboxylic acids is 1. The minimum Gasteiger partial charge on any atom is -0.371 e. The summed E-state index contributed by atoms with van der Waals surface area (Å²) in [6.07, 6.45) is 2.38. The van der Waals surface area contributed by atoms with E-state index < -0.39 is 10.0 Å². The Bertz CT molecular complexity index is 1030. The quantitative estimate of drug-likeness (QED) is 0.621. The number of hydrogen-bond donors (Lipinski definition) is 0. The fourth-order valence-electron chi connectivity index (χ4n) is 4.17. The van der Waals surface area contributed by atoms with Gasteiger partial charge in [-0.2, -0.15) is 4.31 Å². The van der Waals surface area contributed by atoms with Crippen molar-refractivity contribution in [3.63, 3.8) is 0 Å². The smallest absolute Gasteiger partial charge is 0.253 e. The number of amides is 1. The molecule has 1 aliphatic rings. The number of anilines is 1. The van der Waals surface area contributed by atoms with Gasteiger partial charge in [-0.25, -0.2) is 8.42 Å². The van der Waals surface area contributed by atoms with Gasteiger partial charge in [0.2, 0.25) is 10.0 Å². The van der Waals surface area contributed by atoms with Crippen molar-refractivity contribution < 1.29 is 13.2 Å². The summed E-state index contributed by atoms with van der Waals surface area (Å²) in [6, 6.07) is 13.1. The lowest BCUT2D eigenvalue weighted by Gasteiger charge is -2.25. The van der Waals surface area contributed by atoms with Gasteiger partial charge >= 0.3 is 0 Å². The van der Waals surface area contributed by atoms with Crippen LogP contribution < -0.4 is 4.90 Å². The van der Waals surface area contributed by atoms with Crippen molar-refractivity contribution in [1.82, 2.24) is 9.21 Å². The van der Waals surface area contributed by atoms with Crippen LogP contribution in [-0.2, 0) is 16.6 Å². The molecule has 0 aliphatic carbocycles. The molecule has 0 unspecified atom stereocenters. The van der Waals surface area contributed by atoms with Crippen molar-refractivity contribution in [2.75, 3.05) is 38.1 Å². The van der Waals surface area contributed by atoms with Gasteiger partial charge < -0.3 is 9.80 Å². The molecule has 1 fully saturated rings. The largest absolute Gasteiger partial charge is 0.371 e. The van der Waals surface area contributed by atoms with Crippen LogP contribution in [-0.4, -0.2) is 56.8 Å². The van der Waals surface area contributed by atoms with Gasteiger partial charge in [0, 0.05) is 51.0 Å². The molecule has 0 atom stereocenters. The third kappa shape index (κ3) is 4.93. The average Bonchev–Trinajstić information content (AvgIpc) is 3.29. The van der Waals surface area contributed by atoms with E-state index in [-0.39, 0.29) is 10.8 Å². The zero-order chi connectivity index (χ0) is 22.6. The van der Waals surface area contributed by atoms with Crippen LogP contribution in [0.3, 0.4) is 0 Å². The Morgan fingerprint density at radius 3 is 2.32 bits per heavy atom. The maximum atomic E-state index is 13.2. The van der Waals surface area contributed by atoms with E-state index in [1.54, 1.807) is 31.0 Å². The van der Waals surface area contributed by atoms with Gasteiger partial charge in [0.15, 0.2) is 0 Å². The maximum absolute atomic E-state index is 13.2. The molecule has 0 N–H and O–H groups in total. The summed E-state index contributed by atoms with van der Waals surface area (Å²) in [4.78, 5) is 17.4. The molecule has 0 spiro atoms. The van der Waals surface area contributed by atoms with Crippen molar-refractivity contribution in [2.45, 2.75) is 45.1 Å². The zero-order valence-electron chi connectivity index (χ0n) is 19.0. The number of rotatable bonds is 8. The Morgan fingerprint density at radius 1 is 1.03 bits per heavy atom. The third-order valence-corrected chi connectivity index (χ3v) is 8.14. The lowest BCUT2D eigenvalue weighted by atomic mass is 10.1. The van der Waals surface area contributed by atoms with Crippen LogP contribution in [0, 0.1) is 6.92 Å². The molecule has 7 heteroatoms. The van der Waals surface area contributed by atoms with Crippen LogP contribution in [0.2, 0.25) is 0 Å². The molecule has 0 bridgehead atoms. The predicted octanol–water partition coefficient (Wildman–Crippen LogP) is 3.90. The Hall–Kier alpha value is -2.38. The minimum atomic E-state index is -3.63. The van der Waals surface area contributed by atoms with Gasteiger partial charge in [0.05, 0.1) is 4.90 Å². The summed E-state index contributed by atoms with van der Waals surface area (Å²) in [5, 5.41) is 0. The van der Waals surface area contributed by atoms with Crippen molar-refractivity contribution in [2.24, 2.45) is 0 Å². The number of para-hydroxylation sites is 1. The standard InChI is InChI=1S/C24H33N3O3S/c1-5-27(6-2)31(29,30)23-17-20(14-13-19(23)3)24(28)25(4)18-21-11-7-8-12-22(21)26-15-9-10-16-26/h7-8,11-14,17H,5-6,9-10,15-16,18H2,1-4H3. The van der Waals surface area contributed by atoms with Crippen LogP contribution in [0.15, 0.2) is 47.4 Å². The molecular weight excluding hydrogens is 410 g/mol. The molecule has 168 valence electrons. The van der Waals surface area contributed by atoms with Gasteiger partial charge in [0.25, 0.3) is 5.91 Å². The molecule has 1 aliphatic heterocycles. The summed E-state index contributed by atoms with van der Waals surface area (Å²) in [5.41, 5.74) is 3.31. The molecule has 0 saturated carbocycles. The highest BCUT2D eigenvalue weighted by atomic mass is 32.2. The summed E-state index contributed by atoms with van der Waals surface area (Å²) >= 11 is 0. The van der Waals surface area contributed by atoms with Crippen molar-refractivity contribution in [3.05, 3.63) is 59.2 Å². The number of carbonyl (C=O) groups is 1. The summed E-state index contributed by atoms with van der Waals surface area (Å²) in [5.74, 6) is -0.188. The fourth-order valence-corrected chi connectivity index (χ4v) is 5.88. The Balaban J connectivity index is 1.86. The number of benzene rings is 2. The molecule has 0 aromatic heterocycles. The second-order valence-electron chi connectivity index (χ2n) is 8.05. The first-order chi connectivity index (χ1) is 14.8. The highest BCUT2D eigenvalue weighted by Crippen LogP contribution is 2.26. The van der Waals surface area contributed by atoms with E-state index in [0.717, 1.165) is 18.7 Å². The fraction of sp³-hybridized carbons (Fsp3) is 0.458. The molecule has 6 nitrogen and oxygen atoms in total. The van der Waals surface area contributed by atoms with E-state index in [4.69, 9.17) is 0 Å². The molecule has 2 aromatic rings. The summed E-state index contributed by atoms with van der Waals surface area (Å²) in [7, 11) is -1.87. The summed E-state index contributed by atoms with van der Waals surface area (Å²) in [6.45, 7) is 8.73. The van der Waals surface area contributed by atoms with E-state index in [0.29, 0.717) is 30.8 Å². The molecule has 1 amide bonds. The lowest BCUT2D eigenvalue weighted by Crippen LogP contribution is -2.32. The number of hydrogen-bond acceptors (Lipinski definition) is 4.